The van der Waals surface area contributed by atoms with Crippen LogP contribution >= 0.6 is 27.7 Å². The van der Waals surface area contributed by atoms with Gasteiger partial charge in [-0.05, 0) is 42.0 Å². The van der Waals surface area contributed by atoms with Gasteiger partial charge in [0.25, 0.3) is 5.69 Å². The van der Waals surface area contributed by atoms with Gasteiger partial charge in [0.05, 0.1) is 9.40 Å². The zero-order valence-electron chi connectivity index (χ0n) is 10.2. The Bertz CT molecular complexity index is 491. The second-order valence-electron chi connectivity index (χ2n) is 4.43. The third-order valence-electron chi connectivity index (χ3n) is 3.25. The summed E-state index contributed by atoms with van der Waals surface area (Å²) in [4.78, 5) is 14.5. The zero-order chi connectivity index (χ0) is 13.3. The number of thioether (sulfide) groups is 1. The molecule has 7 heteroatoms. The van der Waals surface area contributed by atoms with Gasteiger partial charge in [0.2, 0.25) is 0 Å². The van der Waals surface area contributed by atoms with E-state index in [2.05, 4.69) is 32.5 Å². The summed E-state index contributed by atoms with van der Waals surface area (Å²) < 4.78 is 1.00. The molecule has 1 N–H and O–H groups in total. The highest BCUT2D eigenvalue weighted by Crippen LogP contribution is 2.47. The zero-order valence-corrected chi connectivity index (χ0v) is 12.6. The molecule has 0 bridgehead atoms. The molecule has 1 heterocycles. The summed E-state index contributed by atoms with van der Waals surface area (Å²) in [7, 11) is 0. The van der Waals surface area contributed by atoms with E-state index in [9.17, 15) is 10.1 Å². The lowest BCUT2D eigenvalue weighted by atomic mass is 10.2. The number of hydrogen-bond donors (Lipinski definition) is 1. The molecule has 1 fully saturated rings. The van der Waals surface area contributed by atoms with Crippen molar-refractivity contribution < 1.29 is 4.92 Å². The van der Waals surface area contributed by atoms with Gasteiger partial charge in [-0.3, -0.25) is 10.1 Å². The third-order valence-corrected chi connectivity index (χ3v) is 5.64. The molecule has 1 saturated carbocycles. The molecule has 0 radical (unpaired) electrons. The molecular formula is C11H14BrN3O2S. The summed E-state index contributed by atoms with van der Waals surface area (Å²) in [5.74, 6) is 0.679. The lowest BCUT2D eigenvalue weighted by Crippen LogP contribution is -2.18. The smallest absolute Gasteiger partial charge is 0.291 e. The van der Waals surface area contributed by atoms with Crippen LogP contribution in [0.5, 0.6) is 0 Å². The molecule has 1 aromatic rings. The van der Waals surface area contributed by atoms with Crippen LogP contribution in [-0.2, 0) is 0 Å². The van der Waals surface area contributed by atoms with E-state index in [4.69, 9.17) is 0 Å². The number of halogens is 1. The van der Waals surface area contributed by atoms with E-state index in [0.717, 1.165) is 6.54 Å². The van der Waals surface area contributed by atoms with Gasteiger partial charge in [0.15, 0.2) is 0 Å². The topological polar surface area (TPSA) is 68.1 Å². The molecule has 5 nitrogen and oxygen atoms in total. The number of pyridine rings is 1. The molecule has 98 valence electrons. The highest BCUT2D eigenvalue weighted by Gasteiger charge is 2.41. The molecule has 0 spiro atoms. The number of nitro groups is 1. The quantitative estimate of drug-likeness (QED) is 0.661. The predicted molar refractivity (Wildman–Crippen MR) is 77.3 cm³/mol. The molecule has 1 aromatic heterocycles. The van der Waals surface area contributed by atoms with Gasteiger partial charge in [0.1, 0.15) is 12.0 Å². The van der Waals surface area contributed by atoms with Crippen LogP contribution in [0, 0.1) is 17.0 Å². The Balaban J connectivity index is 2.14. The molecule has 0 aromatic carbocycles. The van der Waals surface area contributed by atoms with Gasteiger partial charge < -0.3 is 5.32 Å². The maximum Gasteiger partial charge on any atom is 0.291 e. The van der Waals surface area contributed by atoms with Gasteiger partial charge in [-0.25, -0.2) is 4.98 Å². The van der Waals surface area contributed by atoms with Crippen LogP contribution in [0.2, 0.25) is 0 Å². The largest absolute Gasteiger partial charge is 0.368 e. The van der Waals surface area contributed by atoms with E-state index in [-0.39, 0.29) is 5.69 Å². The third kappa shape index (κ3) is 2.61. The van der Waals surface area contributed by atoms with Gasteiger partial charge in [-0.1, -0.05) is 0 Å². The van der Waals surface area contributed by atoms with E-state index in [1.807, 2.05) is 11.8 Å². The Morgan fingerprint density at radius 3 is 2.83 bits per heavy atom. The second kappa shape index (κ2) is 5.05. The number of anilines is 1. The highest BCUT2D eigenvalue weighted by atomic mass is 79.9. The van der Waals surface area contributed by atoms with Crippen molar-refractivity contribution in [1.82, 2.24) is 4.98 Å². The van der Waals surface area contributed by atoms with Crippen LogP contribution < -0.4 is 5.32 Å². The van der Waals surface area contributed by atoms with Crippen molar-refractivity contribution in [2.75, 3.05) is 18.1 Å². The number of nitrogens with one attached hydrogen (secondary N) is 1. The van der Waals surface area contributed by atoms with Crippen molar-refractivity contribution in [2.24, 2.45) is 0 Å². The molecule has 0 amide bonds. The Labute approximate surface area is 118 Å². The maximum absolute atomic E-state index is 10.8. The predicted octanol–water partition coefficient (Wildman–Crippen LogP) is 3.37. The Morgan fingerprint density at radius 2 is 2.33 bits per heavy atom. The van der Waals surface area contributed by atoms with Crippen molar-refractivity contribution in [2.45, 2.75) is 24.5 Å². The van der Waals surface area contributed by atoms with E-state index in [1.165, 1.54) is 19.0 Å². The van der Waals surface area contributed by atoms with E-state index in [1.54, 1.807) is 6.92 Å². The van der Waals surface area contributed by atoms with E-state index in [0.29, 0.717) is 20.6 Å². The molecular weight excluding hydrogens is 318 g/mol. The summed E-state index contributed by atoms with van der Waals surface area (Å²) >= 11 is 5.23. The summed E-state index contributed by atoms with van der Waals surface area (Å²) in [6.45, 7) is 2.56. The van der Waals surface area contributed by atoms with Crippen molar-refractivity contribution in [3.63, 3.8) is 0 Å². The first-order valence-electron chi connectivity index (χ1n) is 5.57. The van der Waals surface area contributed by atoms with Crippen LogP contribution in [0.25, 0.3) is 0 Å². The fraction of sp³-hybridized carbons (Fsp3) is 0.545. The van der Waals surface area contributed by atoms with Crippen LogP contribution in [0.15, 0.2) is 10.7 Å². The number of nitrogens with zero attached hydrogens (tertiary/aromatic N) is 2. The number of rotatable bonds is 5. The van der Waals surface area contributed by atoms with Crippen molar-refractivity contribution in [1.29, 1.82) is 0 Å². The fourth-order valence-corrected chi connectivity index (χ4v) is 2.89. The first-order valence-corrected chi connectivity index (χ1v) is 7.59. The van der Waals surface area contributed by atoms with Crippen LogP contribution in [0.1, 0.15) is 18.4 Å². The average molecular weight is 332 g/mol. The fourth-order valence-electron chi connectivity index (χ4n) is 1.71. The van der Waals surface area contributed by atoms with Gasteiger partial charge in [-0.2, -0.15) is 11.8 Å². The minimum atomic E-state index is -0.416. The van der Waals surface area contributed by atoms with Crippen molar-refractivity contribution in [3.8, 4) is 0 Å². The monoisotopic (exact) mass is 331 g/mol. The molecule has 0 saturated heterocycles. The lowest BCUT2D eigenvalue weighted by Gasteiger charge is -2.15. The molecule has 1 aliphatic carbocycles. The number of aromatic nitrogens is 1. The van der Waals surface area contributed by atoms with Gasteiger partial charge in [-0.15, -0.1) is 0 Å². The summed E-state index contributed by atoms with van der Waals surface area (Å²) in [5, 5.41) is 14.1. The molecule has 0 aliphatic heterocycles. The van der Waals surface area contributed by atoms with Crippen molar-refractivity contribution >= 4 is 39.2 Å². The standard InChI is InChI=1S/C11H14BrN3O2S/c1-7-8(15(16)17)5-13-10(9(7)12)14-6-11(18-2)3-4-11/h5H,3-4,6H2,1-2H3,(H,13,14). The molecule has 0 atom stereocenters. The minimum absolute atomic E-state index is 0.0402. The Hall–Kier alpha value is -0.820. The van der Waals surface area contributed by atoms with Gasteiger partial charge in [0, 0.05) is 16.9 Å². The second-order valence-corrected chi connectivity index (χ2v) is 6.50. The Morgan fingerprint density at radius 1 is 1.67 bits per heavy atom. The molecule has 2 rings (SSSR count). The minimum Gasteiger partial charge on any atom is -0.368 e. The Kier molecular flexibility index (Phi) is 3.82. The summed E-state index contributed by atoms with van der Waals surface area (Å²) in [5.41, 5.74) is 0.643. The molecule has 1 aliphatic rings. The summed E-state index contributed by atoms with van der Waals surface area (Å²) in [6.07, 6.45) is 5.84. The van der Waals surface area contributed by atoms with Gasteiger partial charge >= 0.3 is 0 Å². The molecule has 0 unspecified atom stereocenters. The first-order chi connectivity index (χ1) is 8.49. The average Bonchev–Trinajstić information content (AvgIpc) is 3.11. The van der Waals surface area contributed by atoms with Crippen molar-refractivity contribution in [3.05, 3.63) is 26.3 Å². The number of hydrogen-bond acceptors (Lipinski definition) is 5. The lowest BCUT2D eigenvalue weighted by molar-refractivity contribution is -0.385. The maximum atomic E-state index is 10.8. The van der Waals surface area contributed by atoms with E-state index >= 15 is 0 Å². The normalized spacial score (nSPS) is 16.4. The highest BCUT2D eigenvalue weighted by molar-refractivity contribution is 9.10. The van der Waals surface area contributed by atoms with Crippen LogP contribution in [0.3, 0.4) is 0 Å². The van der Waals surface area contributed by atoms with Crippen LogP contribution in [-0.4, -0.2) is 27.5 Å². The van der Waals surface area contributed by atoms with E-state index < -0.39 is 4.92 Å². The SMILES string of the molecule is CSC1(CNc2ncc([N+](=O)[O-])c(C)c2Br)CC1. The first kappa shape index (κ1) is 13.6. The van der Waals surface area contributed by atoms with Crippen LogP contribution in [0.4, 0.5) is 11.5 Å². The summed E-state index contributed by atoms with van der Waals surface area (Å²) in [6, 6.07) is 0. The molecule has 18 heavy (non-hydrogen) atoms.